The molecule has 0 bridgehead atoms. The summed E-state index contributed by atoms with van der Waals surface area (Å²) >= 11 is 3.64. The third-order valence-corrected chi connectivity index (χ3v) is 9.52. The molecule has 0 saturated heterocycles. The normalized spacial score (nSPS) is 13.9. The SMILES string of the molecule is c1csc(-c2cccc3c2-c2ccccc2C32c3ccccc3-c3c(-c4cccs4)cccc32)c1. The van der Waals surface area contributed by atoms with Crippen molar-refractivity contribution in [3.05, 3.63) is 142 Å². The molecule has 164 valence electrons. The number of benzene rings is 4. The van der Waals surface area contributed by atoms with E-state index in [4.69, 9.17) is 0 Å². The van der Waals surface area contributed by atoms with Crippen molar-refractivity contribution < 1.29 is 0 Å². The Kier molecular flexibility index (Phi) is 4.00. The third-order valence-electron chi connectivity index (χ3n) is 7.71. The van der Waals surface area contributed by atoms with E-state index in [-0.39, 0.29) is 5.41 Å². The summed E-state index contributed by atoms with van der Waals surface area (Å²) in [5.41, 5.74) is 13.4. The van der Waals surface area contributed by atoms with Gasteiger partial charge < -0.3 is 0 Å². The molecule has 2 heterocycles. The van der Waals surface area contributed by atoms with Gasteiger partial charge in [-0.25, -0.2) is 0 Å². The minimum atomic E-state index is -0.307. The second-order valence-electron chi connectivity index (χ2n) is 9.25. The summed E-state index contributed by atoms with van der Waals surface area (Å²) in [7, 11) is 0. The fourth-order valence-electron chi connectivity index (χ4n) is 6.51. The fourth-order valence-corrected chi connectivity index (χ4v) is 8.03. The second-order valence-corrected chi connectivity index (χ2v) is 11.1. The van der Waals surface area contributed by atoms with Crippen LogP contribution in [0.1, 0.15) is 22.3 Å². The first-order chi connectivity index (χ1) is 17.4. The zero-order valence-electron chi connectivity index (χ0n) is 18.9. The van der Waals surface area contributed by atoms with E-state index >= 15 is 0 Å². The molecule has 0 atom stereocenters. The highest BCUT2D eigenvalue weighted by Gasteiger charge is 2.52. The number of thiophene rings is 2. The van der Waals surface area contributed by atoms with E-state index in [1.165, 1.54) is 65.4 Å². The van der Waals surface area contributed by atoms with Gasteiger partial charge in [-0.1, -0.05) is 97.1 Å². The van der Waals surface area contributed by atoms with Crippen molar-refractivity contribution in [2.75, 3.05) is 0 Å². The summed E-state index contributed by atoms with van der Waals surface area (Å²) in [6.07, 6.45) is 0. The van der Waals surface area contributed by atoms with Crippen LogP contribution in [0.15, 0.2) is 120 Å². The standard InChI is InChI=1S/C33H20S2/c1-3-13-25-21(9-1)31-23(29-17-7-19-34-29)11-5-15-27(31)33(25)26-14-4-2-10-22(26)32-24(12-6-16-28(32)33)30-18-8-20-35-30/h1-20H. The highest BCUT2D eigenvalue weighted by molar-refractivity contribution is 7.13. The molecule has 0 radical (unpaired) electrons. The zero-order chi connectivity index (χ0) is 23.0. The van der Waals surface area contributed by atoms with Crippen molar-refractivity contribution in [1.29, 1.82) is 0 Å². The van der Waals surface area contributed by atoms with E-state index in [9.17, 15) is 0 Å². The molecule has 0 N–H and O–H groups in total. The average molecular weight is 481 g/mol. The quantitative estimate of drug-likeness (QED) is 0.231. The van der Waals surface area contributed by atoms with Gasteiger partial charge in [-0.15, -0.1) is 22.7 Å². The lowest BCUT2D eigenvalue weighted by molar-refractivity contribution is 0.794. The topological polar surface area (TPSA) is 0 Å². The molecule has 8 rings (SSSR count). The molecule has 1 spiro atoms. The van der Waals surface area contributed by atoms with E-state index in [1.54, 1.807) is 0 Å². The van der Waals surface area contributed by atoms with E-state index in [0.717, 1.165) is 0 Å². The van der Waals surface area contributed by atoms with E-state index < -0.39 is 0 Å². The monoisotopic (exact) mass is 480 g/mol. The largest absolute Gasteiger partial charge is 0.144 e. The number of hydrogen-bond acceptors (Lipinski definition) is 2. The fraction of sp³-hybridized carbons (Fsp3) is 0.0303. The van der Waals surface area contributed by atoms with Crippen molar-refractivity contribution >= 4 is 22.7 Å². The van der Waals surface area contributed by atoms with Crippen LogP contribution in [0, 0.1) is 0 Å². The summed E-state index contributed by atoms with van der Waals surface area (Å²) < 4.78 is 0. The van der Waals surface area contributed by atoms with Crippen LogP contribution in [-0.4, -0.2) is 0 Å². The molecular formula is C33H20S2. The van der Waals surface area contributed by atoms with Crippen LogP contribution in [0.25, 0.3) is 43.1 Å². The van der Waals surface area contributed by atoms with Crippen molar-refractivity contribution in [3.63, 3.8) is 0 Å². The maximum atomic E-state index is 2.37. The lowest BCUT2D eigenvalue weighted by atomic mass is 9.70. The maximum Gasteiger partial charge on any atom is 0.0725 e. The molecule has 2 aromatic heterocycles. The van der Waals surface area contributed by atoms with Gasteiger partial charge in [-0.05, 0) is 78.5 Å². The van der Waals surface area contributed by atoms with Crippen LogP contribution in [0.3, 0.4) is 0 Å². The number of rotatable bonds is 2. The van der Waals surface area contributed by atoms with E-state index in [2.05, 4.69) is 120 Å². The van der Waals surface area contributed by atoms with Gasteiger partial charge in [0.05, 0.1) is 5.41 Å². The zero-order valence-corrected chi connectivity index (χ0v) is 20.5. The third kappa shape index (κ3) is 2.41. The molecule has 2 aliphatic rings. The first-order valence-electron chi connectivity index (χ1n) is 11.9. The first-order valence-corrected chi connectivity index (χ1v) is 13.7. The highest BCUT2D eigenvalue weighted by atomic mass is 32.1. The van der Waals surface area contributed by atoms with Gasteiger partial charge in [-0.3, -0.25) is 0 Å². The van der Waals surface area contributed by atoms with E-state index in [0.29, 0.717) is 0 Å². The van der Waals surface area contributed by atoms with Crippen molar-refractivity contribution in [2.24, 2.45) is 0 Å². The van der Waals surface area contributed by atoms with E-state index in [1.807, 2.05) is 22.7 Å². The van der Waals surface area contributed by atoms with Gasteiger partial charge in [0.1, 0.15) is 0 Å². The van der Waals surface area contributed by atoms with Gasteiger partial charge in [-0.2, -0.15) is 0 Å². The molecule has 0 aliphatic heterocycles. The van der Waals surface area contributed by atoms with Crippen LogP contribution in [0.2, 0.25) is 0 Å². The molecule has 0 nitrogen and oxygen atoms in total. The Bertz CT molecular complexity index is 1610. The Labute approximate surface area is 212 Å². The Hall–Kier alpha value is -3.72. The molecule has 2 aliphatic carbocycles. The van der Waals surface area contributed by atoms with Gasteiger partial charge >= 0.3 is 0 Å². The van der Waals surface area contributed by atoms with Crippen LogP contribution >= 0.6 is 22.7 Å². The Balaban J connectivity index is 1.56. The molecule has 2 heteroatoms. The Morgan fingerprint density at radius 3 is 1.26 bits per heavy atom. The van der Waals surface area contributed by atoms with Gasteiger partial charge in [0.15, 0.2) is 0 Å². The lowest BCUT2D eigenvalue weighted by Gasteiger charge is -2.30. The predicted octanol–water partition coefficient (Wildman–Crippen LogP) is 9.49. The molecule has 6 aromatic rings. The Morgan fingerprint density at radius 2 is 0.800 bits per heavy atom. The molecule has 0 amide bonds. The summed E-state index contributed by atoms with van der Waals surface area (Å²) in [5, 5.41) is 4.36. The van der Waals surface area contributed by atoms with Crippen LogP contribution in [0.4, 0.5) is 0 Å². The molecule has 0 fully saturated rings. The summed E-state index contributed by atoms with van der Waals surface area (Å²) in [6.45, 7) is 0. The van der Waals surface area contributed by atoms with Gasteiger partial charge in [0.2, 0.25) is 0 Å². The predicted molar refractivity (Wildman–Crippen MR) is 149 cm³/mol. The van der Waals surface area contributed by atoms with Gasteiger partial charge in [0, 0.05) is 9.75 Å². The van der Waals surface area contributed by atoms with Crippen molar-refractivity contribution in [1.82, 2.24) is 0 Å². The van der Waals surface area contributed by atoms with Crippen LogP contribution in [0.5, 0.6) is 0 Å². The molecule has 0 unspecified atom stereocenters. The smallest absolute Gasteiger partial charge is 0.0725 e. The summed E-state index contributed by atoms with van der Waals surface area (Å²) in [6, 6.07) is 40.8. The number of fused-ring (bicyclic) bond motifs is 10. The molecular weight excluding hydrogens is 460 g/mol. The Morgan fingerprint density at radius 1 is 0.371 bits per heavy atom. The first kappa shape index (κ1) is 19.6. The van der Waals surface area contributed by atoms with Crippen molar-refractivity contribution in [2.45, 2.75) is 5.41 Å². The number of hydrogen-bond donors (Lipinski definition) is 0. The summed E-state index contributed by atoms with van der Waals surface area (Å²) in [5.74, 6) is 0. The maximum absolute atomic E-state index is 2.37. The van der Waals surface area contributed by atoms with Crippen LogP contribution < -0.4 is 0 Å². The summed E-state index contributed by atoms with van der Waals surface area (Å²) in [4.78, 5) is 2.65. The van der Waals surface area contributed by atoms with Crippen LogP contribution in [-0.2, 0) is 5.41 Å². The molecule has 4 aromatic carbocycles. The molecule has 35 heavy (non-hydrogen) atoms. The lowest BCUT2D eigenvalue weighted by Crippen LogP contribution is -2.25. The van der Waals surface area contributed by atoms with Crippen molar-refractivity contribution in [3.8, 4) is 43.1 Å². The minimum Gasteiger partial charge on any atom is -0.144 e. The minimum absolute atomic E-state index is 0.307. The second kappa shape index (κ2) is 7.14. The highest BCUT2D eigenvalue weighted by Crippen LogP contribution is 2.65. The molecule has 0 saturated carbocycles. The average Bonchev–Trinajstić information content (AvgIpc) is 3.71. The van der Waals surface area contributed by atoms with Gasteiger partial charge in [0.25, 0.3) is 0 Å².